The van der Waals surface area contributed by atoms with E-state index >= 15 is 4.39 Å². The number of ether oxygens (including phenoxy) is 1. The molecule has 5 rings (SSSR count). The number of halogens is 4. The molecule has 3 amide bonds. The number of morpholine rings is 1. The number of benzene rings is 3. The predicted octanol–water partition coefficient (Wildman–Crippen LogP) is 5.47. The maximum Gasteiger partial charge on any atom is 0.405 e. The highest BCUT2D eigenvalue weighted by Gasteiger charge is 2.40. The highest BCUT2D eigenvalue weighted by atomic mass is 35.5. The van der Waals surface area contributed by atoms with Crippen LogP contribution in [0.25, 0.3) is 0 Å². The standard InChI is InChI=1S/C34H36ClF3N4O5/c1-20(43)42-13-11-34(12-14-42)19-39-18-26(47-34)9-10-27-28(38)3-2-4-29(27)40-32(44)31(41-33(45)46)30(21-5-7-23(35)8-6-21)22-15-24(36)17-25(37)16-22/h2-8,15-17,26,30-31,39,41H,9-14,18-19H2,1H3,(H,40,44)(H,45,46)/t26-,30?,31?/m1/s1. The van der Waals surface area contributed by atoms with E-state index in [9.17, 15) is 28.3 Å². The number of amides is 3. The van der Waals surface area contributed by atoms with Crippen LogP contribution in [0.5, 0.6) is 0 Å². The van der Waals surface area contributed by atoms with E-state index in [0.29, 0.717) is 62.1 Å². The summed E-state index contributed by atoms with van der Waals surface area (Å²) in [7, 11) is 0. The number of hydrogen-bond acceptors (Lipinski definition) is 5. The minimum Gasteiger partial charge on any atom is -0.465 e. The average molecular weight is 673 g/mol. The van der Waals surface area contributed by atoms with E-state index in [0.717, 1.165) is 12.1 Å². The van der Waals surface area contributed by atoms with Crippen molar-refractivity contribution in [1.29, 1.82) is 0 Å². The van der Waals surface area contributed by atoms with Gasteiger partial charge >= 0.3 is 6.09 Å². The number of anilines is 1. The summed E-state index contributed by atoms with van der Waals surface area (Å²) in [6.07, 6.45) is 0.163. The van der Waals surface area contributed by atoms with Gasteiger partial charge in [-0.2, -0.15) is 0 Å². The molecule has 250 valence electrons. The second-order valence-electron chi connectivity index (χ2n) is 12.0. The van der Waals surface area contributed by atoms with E-state index in [2.05, 4.69) is 16.0 Å². The fraction of sp³-hybridized carbons (Fsp3) is 0.382. The molecule has 4 N–H and O–H groups in total. The zero-order chi connectivity index (χ0) is 33.7. The van der Waals surface area contributed by atoms with Crippen LogP contribution < -0.4 is 16.0 Å². The maximum atomic E-state index is 15.3. The third-order valence-electron chi connectivity index (χ3n) is 8.82. The van der Waals surface area contributed by atoms with Crippen LogP contribution in [0.1, 0.15) is 48.8 Å². The lowest BCUT2D eigenvalue weighted by Gasteiger charge is -2.46. The molecular formula is C34H36ClF3N4O5. The molecule has 47 heavy (non-hydrogen) atoms. The first-order chi connectivity index (χ1) is 22.4. The lowest BCUT2D eigenvalue weighted by molar-refractivity contribution is -0.153. The third-order valence-corrected chi connectivity index (χ3v) is 9.07. The van der Waals surface area contributed by atoms with Gasteiger partial charge < -0.3 is 30.7 Å². The maximum absolute atomic E-state index is 15.3. The highest BCUT2D eigenvalue weighted by molar-refractivity contribution is 6.30. The van der Waals surface area contributed by atoms with Crippen LogP contribution >= 0.6 is 11.6 Å². The van der Waals surface area contributed by atoms with Crippen LogP contribution in [0.4, 0.5) is 23.7 Å². The normalized spacial score (nSPS) is 18.7. The quantitative estimate of drug-likeness (QED) is 0.240. The molecule has 2 aliphatic heterocycles. The minimum atomic E-state index is -1.59. The number of hydrogen-bond donors (Lipinski definition) is 4. The van der Waals surface area contributed by atoms with Gasteiger partial charge in [-0.1, -0.05) is 29.8 Å². The molecule has 2 heterocycles. The van der Waals surface area contributed by atoms with E-state index in [1.807, 2.05) is 0 Å². The molecule has 2 fully saturated rings. The van der Waals surface area contributed by atoms with Crippen molar-refractivity contribution >= 4 is 35.2 Å². The van der Waals surface area contributed by atoms with Gasteiger partial charge in [-0.05, 0) is 73.2 Å². The lowest BCUT2D eigenvalue weighted by atomic mass is 9.84. The van der Waals surface area contributed by atoms with Gasteiger partial charge in [-0.15, -0.1) is 0 Å². The average Bonchev–Trinajstić information content (AvgIpc) is 3.01. The summed E-state index contributed by atoms with van der Waals surface area (Å²) in [5.41, 5.74) is 0.260. The fourth-order valence-electron chi connectivity index (χ4n) is 6.46. The Labute approximate surface area is 275 Å². The summed E-state index contributed by atoms with van der Waals surface area (Å²) in [5, 5.41) is 18.3. The molecule has 3 aromatic carbocycles. The number of carbonyl (C=O) groups excluding carboxylic acids is 2. The van der Waals surface area contributed by atoms with Crippen LogP contribution in [0.2, 0.25) is 5.02 Å². The van der Waals surface area contributed by atoms with Crippen LogP contribution in [-0.2, 0) is 20.7 Å². The summed E-state index contributed by atoms with van der Waals surface area (Å²) in [4.78, 5) is 39.4. The van der Waals surface area contributed by atoms with Gasteiger partial charge in [0.05, 0.1) is 11.7 Å². The number of rotatable bonds is 9. The molecule has 2 unspecified atom stereocenters. The molecule has 0 aromatic heterocycles. The van der Waals surface area contributed by atoms with Crippen molar-refractivity contribution in [3.63, 3.8) is 0 Å². The summed E-state index contributed by atoms with van der Waals surface area (Å²) in [6.45, 7) is 3.94. The Balaban J connectivity index is 1.37. The molecule has 3 atom stereocenters. The van der Waals surface area contributed by atoms with Crippen LogP contribution in [-0.4, -0.2) is 71.8 Å². The SMILES string of the molecule is CC(=O)N1CCC2(CC1)CNC[C@@H](CCc1c(F)cccc1NC(=O)C(NC(=O)O)C(c1ccc(Cl)cc1)c1cc(F)cc(F)c1)O2. The smallest absolute Gasteiger partial charge is 0.405 e. The molecule has 1 spiro atoms. The Hall–Kier alpha value is -4.13. The number of likely N-dealkylation sites (tertiary alicyclic amines) is 1. The van der Waals surface area contributed by atoms with E-state index in [1.165, 1.54) is 42.5 Å². The van der Waals surface area contributed by atoms with Crippen molar-refractivity contribution < 1.29 is 37.4 Å². The van der Waals surface area contributed by atoms with Crippen molar-refractivity contribution in [3.8, 4) is 0 Å². The molecule has 2 aliphatic rings. The van der Waals surface area contributed by atoms with Crippen molar-refractivity contribution in [2.24, 2.45) is 0 Å². The van der Waals surface area contributed by atoms with Crippen LogP contribution in [0.15, 0.2) is 60.7 Å². The molecule has 3 aromatic rings. The summed E-state index contributed by atoms with van der Waals surface area (Å²) < 4.78 is 50.6. The number of carboxylic acid groups (broad SMARTS) is 1. The summed E-state index contributed by atoms with van der Waals surface area (Å²) in [5.74, 6) is -4.41. The van der Waals surface area contributed by atoms with Crippen molar-refractivity contribution in [2.75, 3.05) is 31.5 Å². The first-order valence-electron chi connectivity index (χ1n) is 15.4. The van der Waals surface area contributed by atoms with E-state index in [1.54, 1.807) is 11.8 Å². The van der Waals surface area contributed by atoms with Gasteiger partial charge in [0.15, 0.2) is 0 Å². The minimum absolute atomic E-state index is 0.00296. The second-order valence-corrected chi connectivity index (χ2v) is 12.4. The zero-order valence-electron chi connectivity index (χ0n) is 25.7. The van der Waals surface area contributed by atoms with Crippen LogP contribution in [0.3, 0.4) is 0 Å². The third kappa shape index (κ3) is 8.43. The number of nitrogens with one attached hydrogen (secondary N) is 3. The number of piperidine rings is 1. The Morgan fingerprint density at radius 1 is 1.04 bits per heavy atom. The first-order valence-corrected chi connectivity index (χ1v) is 15.7. The monoisotopic (exact) mass is 672 g/mol. The Morgan fingerprint density at radius 3 is 2.36 bits per heavy atom. The zero-order valence-corrected chi connectivity index (χ0v) is 26.5. The van der Waals surface area contributed by atoms with Crippen molar-refractivity contribution in [1.82, 2.24) is 15.5 Å². The topological polar surface area (TPSA) is 120 Å². The molecule has 2 saturated heterocycles. The van der Waals surface area contributed by atoms with Gasteiger partial charge in [-0.25, -0.2) is 18.0 Å². The number of nitrogens with zero attached hydrogens (tertiary/aromatic N) is 1. The Kier molecular flexibility index (Phi) is 10.7. The molecule has 13 heteroatoms. The molecule has 0 saturated carbocycles. The van der Waals surface area contributed by atoms with Gasteiger partial charge in [0.2, 0.25) is 11.8 Å². The van der Waals surface area contributed by atoms with Crippen molar-refractivity contribution in [2.45, 2.75) is 56.3 Å². The first kappa shape index (κ1) is 34.2. The lowest BCUT2D eigenvalue weighted by Crippen LogP contribution is -2.58. The Morgan fingerprint density at radius 2 is 1.72 bits per heavy atom. The van der Waals surface area contributed by atoms with E-state index in [4.69, 9.17) is 16.3 Å². The number of carbonyl (C=O) groups is 3. The molecule has 9 nitrogen and oxygen atoms in total. The largest absolute Gasteiger partial charge is 0.465 e. The summed E-state index contributed by atoms with van der Waals surface area (Å²) in [6, 6.07) is 11.4. The van der Waals surface area contributed by atoms with Crippen molar-refractivity contribution in [3.05, 3.63) is 99.8 Å². The Bertz CT molecular complexity index is 1600. The van der Waals surface area contributed by atoms with Gasteiger partial charge in [0.1, 0.15) is 23.5 Å². The van der Waals surface area contributed by atoms with Gasteiger partial charge in [0.25, 0.3) is 0 Å². The predicted molar refractivity (Wildman–Crippen MR) is 170 cm³/mol. The summed E-state index contributed by atoms with van der Waals surface area (Å²) >= 11 is 6.05. The molecular weight excluding hydrogens is 637 g/mol. The highest BCUT2D eigenvalue weighted by Crippen LogP contribution is 2.34. The van der Waals surface area contributed by atoms with Crippen LogP contribution in [0, 0.1) is 17.5 Å². The van der Waals surface area contributed by atoms with Gasteiger partial charge in [-0.3, -0.25) is 9.59 Å². The fourth-order valence-corrected chi connectivity index (χ4v) is 6.59. The molecule has 0 bridgehead atoms. The molecule has 0 radical (unpaired) electrons. The van der Waals surface area contributed by atoms with E-state index in [-0.39, 0.29) is 35.2 Å². The van der Waals surface area contributed by atoms with Gasteiger partial charge in [0, 0.05) is 61.4 Å². The van der Waals surface area contributed by atoms with E-state index < -0.39 is 47.0 Å². The molecule has 0 aliphatic carbocycles. The second kappa shape index (κ2) is 14.7.